The van der Waals surface area contributed by atoms with E-state index in [-0.39, 0.29) is 0 Å². The van der Waals surface area contributed by atoms with Gasteiger partial charge in [-0.05, 0) is 13.1 Å². The number of hydrogen-bond acceptors (Lipinski definition) is 4. The molecule has 1 aromatic carbocycles. The molecule has 0 saturated heterocycles. The zero-order chi connectivity index (χ0) is 12.8. The van der Waals surface area contributed by atoms with Crippen molar-refractivity contribution in [3.8, 4) is 17.5 Å². The number of ether oxygens (including phenoxy) is 2. The molecule has 0 aliphatic rings. The molecular formula is C14H16N2O2. The highest BCUT2D eigenvalue weighted by Crippen LogP contribution is 2.24. The number of methoxy groups -OCH3 is 1. The smallest absolute Gasteiger partial charge is 0.222 e. The van der Waals surface area contributed by atoms with Crippen molar-refractivity contribution in [2.45, 2.75) is 6.54 Å². The Kier molecular flexibility index (Phi) is 4.15. The molecule has 18 heavy (non-hydrogen) atoms. The fourth-order valence-corrected chi connectivity index (χ4v) is 1.62. The third-order valence-electron chi connectivity index (χ3n) is 2.46. The summed E-state index contributed by atoms with van der Waals surface area (Å²) < 4.78 is 10.8. The lowest BCUT2D eigenvalue weighted by Crippen LogP contribution is -2.06. The zero-order valence-electron chi connectivity index (χ0n) is 10.5. The third-order valence-corrected chi connectivity index (χ3v) is 2.46. The molecule has 4 nitrogen and oxygen atoms in total. The van der Waals surface area contributed by atoms with Crippen molar-refractivity contribution in [2.75, 3.05) is 14.2 Å². The lowest BCUT2D eigenvalue weighted by Gasteiger charge is -2.10. The standard InChI is InChI=1S/C14H16N2O2/c1-15-10-11-6-3-4-7-12(11)18-14-9-5-8-13(16-14)17-2/h3-9,15H,10H2,1-2H3. The number of nitrogens with one attached hydrogen (secondary N) is 1. The molecule has 0 aliphatic carbocycles. The van der Waals surface area contributed by atoms with Gasteiger partial charge in [0.2, 0.25) is 11.8 Å². The number of hydrogen-bond donors (Lipinski definition) is 1. The Balaban J connectivity index is 2.22. The van der Waals surface area contributed by atoms with Crippen molar-refractivity contribution < 1.29 is 9.47 Å². The van der Waals surface area contributed by atoms with E-state index in [1.807, 2.05) is 37.4 Å². The fraction of sp³-hybridized carbons (Fsp3) is 0.214. The molecule has 94 valence electrons. The molecule has 2 rings (SSSR count). The van der Waals surface area contributed by atoms with E-state index in [4.69, 9.17) is 9.47 Å². The van der Waals surface area contributed by atoms with Crippen LogP contribution in [0, 0.1) is 0 Å². The van der Waals surface area contributed by atoms with Gasteiger partial charge in [0.15, 0.2) is 0 Å². The average Bonchev–Trinajstić information content (AvgIpc) is 2.41. The van der Waals surface area contributed by atoms with Crippen LogP contribution in [0.2, 0.25) is 0 Å². The number of benzene rings is 1. The molecule has 0 atom stereocenters. The molecule has 0 saturated carbocycles. The van der Waals surface area contributed by atoms with Crippen molar-refractivity contribution in [3.05, 3.63) is 48.0 Å². The van der Waals surface area contributed by atoms with Crippen molar-refractivity contribution in [1.82, 2.24) is 10.3 Å². The van der Waals surface area contributed by atoms with Gasteiger partial charge in [-0.25, -0.2) is 0 Å². The van der Waals surface area contributed by atoms with Gasteiger partial charge in [0.05, 0.1) is 7.11 Å². The highest BCUT2D eigenvalue weighted by molar-refractivity contribution is 5.36. The first kappa shape index (κ1) is 12.4. The Bertz CT molecular complexity index is 515. The minimum atomic E-state index is 0.526. The van der Waals surface area contributed by atoms with Crippen LogP contribution >= 0.6 is 0 Å². The Morgan fingerprint density at radius 3 is 2.61 bits per heavy atom. The Morgan fingerprint density at radius 2 is 1.83 bits per heavy atom. The molecule has 0 spiro atoms. The minimum Gasteiger partial charge on any atom is -0.481 e. The van der Waals surface area contributed by atoms with E-state index in [1.54, 1.807) is 19.2 Å². The molecule has 1 N–H and O–H groups in total. The number of para-hydroxylation sites is 1. The van der Waals surface area contributed by atoms with Crippen molar-refractivity contribution in [1.29, 1.82) is 0 Å². The number of nitrogens with zero attached hydrogens (tertiary/aromatic N) is 1. The fourth-order valence-electron chi connectivity index (χ4n) is 1.62. The van der Waals surface area contributed by atoms with Gasteiger partial charge >= 0.3 is 0 Å². The quantitative estimate of drug-likeness (QED) is 0.878. The predicted octanol–water partition coefficient (Wildman–Crippen LogP) is 2.60. The third kappa shape index (κ3) is 2.99. The van der Waals surface area contributed by atoms with E-state index in [0.717, 1.165) is 17.9 Å². The molecule has 0 fully saturated rings. The maximum absolute atomic E-state index is 5.77. The number of aromatic nitrogens is 1. The predicted molar refractivity (Wildman–Crippen MR) is 70.1 cm³/mol. The summed E-state index contributed by atoms with van der Waals surface area (Å²) >= 11 is 0. The summed E-state index contributed by atoms with van der Waals surface area (Å²) in [6, 6.07) is 13.3. The van der Waals surface area contributed by atoms with Crippen LogP contribution in [-0.2, 0) is 6.54 Å². The zero-order valence-corrected chi connectivity index (χ0v) is 10.5. The van der Waals surface area contributed by atoms with Gasteiger partial charge in [0.25, 0.3) is 0 Å². The van der Waals surface area contributed by atoms with Crippen LogP contribution in [0.1, 0.15) is 5.56 Å². The summed E-state index contributed by atoms with van der Waals surface area (Å²) in [6.45, 7) is 0.750. The van der Waals surface area contributed by atoms with Crippen LogP contribution in [0.5, 0.6) is 17.5 Å². The Morgan fingerprint density at radius 1 is 1.06 bits per heavy atom. The lowest BCUT2D eigenvalue weighted by molar-refractivity contribution is 0.382. The van der Waals surface area contributed by atoms with E-state index in [9.17, 15) is 0 Å². The molecule has 0 bridgehead atoms. The van der Waals surface area contributed by atoms with E-state index < -0.39 is 0 Å². The molecule has 1 heterocycles. The number of pyridine rings is 1. The van der Waals surface area contributed by atoms with Gasteiger partial charge in [-0.1, -0.05) is 24.3 Å². The van der Waals surface area contributed by atoms with Crippen LogP contribution < -0.4 is 14.8 Å². The summed E-state index contributed by atoms with van der Waals surface area (Å²) in [4.78, 5) is 4.22. The van der Waals surface area contributed by atoms with E-state index >= 15 is 0 Å². The summed E-state index contributed by atoms with van der Waals surface area (Å²) in [7, 11) is 3.49. The summed E-state index contributed by atoms with van der Waals surface area (Å²) in [6.07, 6.45) is 0. The van der Waals surface area contributed by atoms with Crippen LogP contribution in [0.4, 0.5) is 0 Å². The average molecular weight is 244 g/mol. The van der Waals surface area contributed by atoms with Gasteiger partial charge in [0, 0.05) is 24.2 Å². The summed E-state index contributed by atoms with van der Waals surface area (Å²) in [5.74, 6) is 1.86. The maximum atomic E-state index is 5.77. The van der Waals surface area contributed by atoms with Gasteiger partial charge in [0.1, 0.15) is 5.75 Å². The van der Waals surface area contributed by atoms with Crippen molar-refractivity contribution >= 4 is 0 Å². The van der Waals surface area contributed by atoms with Crippen LogP contribution in [0.3, 0.4) is 0 Å². The molecule has 0 unspecified atom stereocenters. The highest BCUT2D eigenvalue weighted by Gasteiger charge is 2.05. The first-order valence-electron chi connectivity index (χ1n) is 5.75. The Hall–Kier alpha value is -2.07. The SMILES string of the molecule is CNCc1ccccc1Oc1cccc(OC)n1. The van der Waals surface area contributed by atoms with Crippen molar-refractivity contribution in [3.63, 3.8) is 0 Å². The minimum absolute atomic E-state index is 0.526. The number of rotatable bonds is 5. The van der Waals surface area contributed by atoms with Crippen LogP contribution in [0.15, 0.2) is 42.5 Å². The molecular weight excluding hydrogens is 228 g/mol. The largest absolute Gasteiger partial charge is 0.481 e. The van der Waals surface area contributed by atoms with Gasteiger partial charge in [-0.15, -0.1) is 0 Å². The first-order valence-corrected chi connectivity index (χ1v) is 5.75. The van der Waals surface area contributed by atoms with E-state index in [0.29, 0.717) is 11.8 Å². The molecule has 4 heteroatoms. The molecule has 0 radical (unpaired) electrons. The molecule has 0 aliphatic heterocycles. The second-order valence-electron chi connectivity index (χ2n) is 3.76. The molecule has 0 amide bonds. The topological polar surface area (TPSA) is 43.4 Å². The van der Waals surface area contributed by atoms with Crippen LogP contribution in [0.25, 0.3) is 0 Å². The first-order chi connectivity index (χ1) is 8.83. The second-order valence-corrected chi connectivity index (χ2v) is 3.76. The highest BCUT2D eigenvalue weighted by atomic mass is 16.5. The summed E-state index contributed by atoms with van der Waals surface area (Å²) in [5.41, 5.74) is 1.09. The van der Waals surface area contributed by atoms with Crippen LogP contribution in [-0.4, -0.2) is 19.1 Å². The normalized spacial score (nSPS) is 10.1. The lowest BCUT2D eigenvalue weighted by atomic mass is 10.2. The van der Waals surface area contributed by atoms with Gasteiger partial charge in [-0.3, -0.25) is 0 Å². The summed E-state index contributed by atoms with van der Waals surface area (Å²) in [5, 5.41) is 3.11. The monoisotopic (exact) mass is 244 g/mol. The Labute approximate surface area is 107 Å². The second kappa shape index (κ2) is 6.02. The van der Waals surface area contributed by atoms with Crippen molar-refractivity contribution in [2.24, 2.45) is 0 Å². The maximum Gasteiger partial charge on any atom is 0.222 e. The molecule has 2 aromatic rings. The van der Waals surface area contributed by atoms with E-state index in [2.05, 4.69) is 10.3 Å². The van der Waals surface area contributed by atoms with E-state index in [1.165, 1.54) is 0 Å². The van der Waals surface area contributed by atoms with Gasteiger partial charge < -0.3 is 14.8 Å². The molecule has 1 aromatic heterocycles. The van der Waals surface area contributed by atoms with Gasteiger partial charge in [-0.2, -0.15) is 4.98 Å².